The molecule has 34 heavy (non-hydrogen) atoms. The highest BCUT2D eigenvalue weighted by Crippen LogP contribution is 2.44. The van der Waals surface area contributed by atoms with Crippen molar-refractivity contribution in [2.45, 2.75) is 20.0 Å². The number of carbonyl (C=O) groups excluding carboxylic acids is 1. The van der Waals surface area contributed by atoms with Gasteiger partial charge in [0.2, 0.25) is 5.78 Å². The van der Waals surface area contributed by atoms with E-state index in [1.54, 1.807) is 32.4 Å². The molecular formula is C27H24ClNO5. The molecular weight excluding hydrogens is 454 g/mol. The van der Waals surface area contributed by atoms with Crippen molar-refractivity contribution in [3.63, 3.8) is 0 Å². The zero-order chi connectivity index (χ0) is 23.8. The molecule has 7 heteroatoms. The van der Waals surface area contributed by atoms with Crippen molar-refractivity contribution in [2.75, 3.05) is 21.0 Å². The number of Topliss-reactive ketones (excluding diaryl/α,β-unsaturated/α-hetero) is 1. The number of methoxy groups -OCH3 is 2. The Morgan fingerprint density at radius 1 is 1.09 bits per heavy atom. The summed E-state index contributed by atoms with van der Waals surface area (Å²) in [4.78, 5) is 15.3. The molecule has 0 aromatic heterocycles. The maximum absolute atomic E-state index is 13.2. The van der Waals surface area contributed by atoms with Gasteiger partial charge in [0, 0.05) is 18.1 Å². The molecule has 5 rings (SSSR count). The summed E-state index contributed by atoms with van der Waals surface area (Å²) in [6.45, 7) is 3.56. The first-order valence-electron chi connectivity index (χ1n) is 10.9. The predicted molar refractivity (Wildman–Crippen MR) is 130 cm³/mol. The molecule has 0 saturated carbocycles. The first-order valence-corrected chi connectivity index (χ1v) is 11.3. The normalized spacial score (nSPS) is 16.0. The second-order valence-electron chi connectivity index (χ2n) is 8.32. The third-order valence-corrected chi connectivity index (χ3v) is 6.22. The molecule has 2 aliphatic rings. The molecule has 0 saturated heterocycles. The number of ether oxygens (including phenoxy) is 4. The lowest BCUT2D eigenvalue weighted by Gasteiger charge is -2.30. The van der Waals surface area contributed by atoms with Crippen LogP contribution < -0.4 is 18.9 Å². The number of carbonyl (C=O) groups is 1. The van der Waals surface area contributed by atoms with E-state index in [1.807, 2.05) is 43.3 Å². The zero-order valence-electron chi connectivity index (χ0n) is 19.2. The third kappa shape index (κ3) is 4.11. The SMILES string of the molecule is COc1ccc(CN2COc3cc(C)c4c(c3C2)O/C(=C\c2cccc(Cl)c2)C4=O)cc1OC. The fourth-order valence-electron chi connectivity index (χ4n) is 4.36. The van der Waals surface area contributed by atoms with Gasteiger partial charge in [-0.05, 0) is 60.0 Å². The summed E-state index contributed by atoms with van der Waals surface area (Å²) >= 11 is 6.10. The van der Waals surface area contributed by atoms with E-state index in [1.165, 1.54) is 0 Å². The lowest BCUT2D eigenvalue weighted by atomic mass is 9.98. The van der Waals surface area contributed by atoms with Crippen molar-refractivity contribution in [3.05, 3.63) is 87.1 Å². The maximum atomic E-state index is 13.2. The molecule has 6 nitrogen and oxygen atoms in total. The van der Waals surface area contributed by atoms with Crippen LogP contribution in [-0.2, 0) is 13.1 Å². The minimum absolute atomic E-state index is 0.132. The van der Waals surface area contributed by atoms with Crippen LogP contribution in [0.3, 0.4) is 0 Å². The predicted octanol–water partition coefficient (Wildman–Crippen LogP) is 5.63. The Labute approximate surface area is 203 Å². The van der Waals surface area contributed by atoms with Gasteiger partial charge >= 0.3 is 0 Å². The minimum atomic E-state index is -0.132. The summed E-state index contributed by atoms with van der Waals surface area (Å²) in [5.41, 5.74) is 4.16. The number of benzene rings is 3. The summed E-state index contributed by atoms with van der Waals surface area (Å²) in [7, 11) is 3.24. The highest BCUT2D eigenvalue weighted by molar-refractivity contribution is 6.30. The lowest BCUT2D eigenvalue weighted by Crippen LogP contribution is -2.31. The first kappa shape index (κ1) is 22.3. The largest absolute Gasteiger partial charge is 0.493 e. The van der Waals surface area contributed by atoms with Crippen molar-refractivity contribution in [1.82, 2.24) is 4.90 Å². The van der Waals surface area contributed by atoms with Gasteiger partial charge in [-0.25, -0.2) is 0 Å². The Bertz CT molecular complexity index is 1320. The van der Waals surface area contributed by atoms with Crippen molar-refractivity contribution in [2.24, 2.45) is 0 Å². The van der Waals surface area contributed by atoms with Gasteiger partial charge in [0.25, 0.3) is 0 Å². The van der Waals surface area contributed by atoms with E-state index in [4.69, 9.17) is 30.5 Å². The average molecular weight is 478 g/mol. The van der Waals surface area contributed by atoms with Gasteiger partial charge in [0.15, 0.2) is 17.3 Å². The van der Waals surface area contributed by atoms with E-state index in [0.717, 1.165) is 28.0 Å². The standard InChI is InChI=1S/C27H24ClNO5/c1-16-9-22-20(14-29(15-33-22)13-18-7-8-21(31-2)23(12-18)32-3)27-25(16)26(30)24(34-27)11-17-5-4-6-19(28)10-17/h4-12H,13-15H2,1-3H3/b24-11-. The Kier molecular flexibility index (Phi) is 5.94. The van der Waals surface area contributed by atoms with Crippen LogP contribution >= 0.6 is 11.6 Å². The highest BCUT2D eigenvalue weighted by Gasteiger charge is 2.35. The summed E-state index contributed by atoms with van der Waals surface area (Å²) in [6.07, 6.45) is 1.73. The third-order valence-electron chi connectivity index (χ3n) is 5.99. The number of aryl methyl sites for hydroxylation is 1. The van der Waals surface area contributed by atoms with Crippen molar-refractivity contribution < 1.29 is 23.7 Å². The summed E-state index contributed by atoms with van der Waals surface area (Å²) in [6, 6.07) is 15.1. The molecule has 0 fully saturated rings. The molecule has 0 amide bonds. The van der Waals surface area contributed by atoms with Gasteiger partial charge in [0.05, 0.1) is 25.3 Å². The number of halogens is 1. The number of rotatable bonds is 5. The number of ketones is 1. The lowest BCUT2D eigenvalue weighted by molar-refractivity contribution is 0.0871. The molecule has 3 aromatic rings. The van der Waals surface area contributed by atoms with Gasteiger partial charge in [0.1, 0.15) is 18.2 Å². The van der Waals surface area contributed by atoms with E-state index in [-0.39, 0.29) is 11.5 Å². The fourth-order valence-corrected chi connectivity index (χ4v) is 4.56. The molecule has 0 spiro atoms. The quantitative estimate of drug-likeness (QED) is 0.444. The molecule has 2 aliphatic heterocycles. The van der Waals surface area contributed by atoms with Crippen molar-refractivity contribution in [1.29, 1.82) is 0 Å². The summed E-state index contributed by atoms with van der Waals surface area (Å²) < 4.78 is 23.0. The Balaban J connectivity index is 1.43. The van der Waals surface area contributed by atoms with E-state index >= 15 is 0 Å². The number of hydrogen-bond acceptors (Lipinski definition) is 6. The molecule has 0 N–H and O–H groups in total. The van der Waals surface area contributed by atoms with E-state index in [2.05, 4.69) is 4.90 Å². The van der Waals surface area contributed by atoms with E-state index in [0.29, 0.717) is 47.7 Å². The number of fused-ring (bicyclic) bond motifs is 3. The Morgan fingerprint density at radius 3 is 2.68 bits per heavy atom. The minimum Gasteiger partial charge on any atom is -0.493 e. The van der Waals surface area contributed by atoms with Crippen molar-refractivity contribution >= 4 is 23.5 Å². The monoisotopic (exact) mass is 477 g/mol. The Morgan fingerprint density at radius 2 is 1.91 bits per heavy atom. The van der Waals surface area contributed by atoms with E-state index in [9.17, 15) is 4.79 Å². The average Bonchev–Trinajstić information content (AvgIpc) is 3.16. The van der Waals surface area contributed by atoms with Crippen LogP contribution in [0.4, 0.5) is 0 Å². The van der Waals surface area contributed by atoms with Gasteiger partial charge in [-0.3, -0.25) is 9.69 Å². The van der Waals surface area contributed by atoms with Gasteiger partial charge in [-0.2, -0.15) is 0 Å². The number of nitrogens with zero attached hydrogens (tertiary/aromatic N) is 1. The second-order valence-corrected chi connectivity index (χ2v) is 8.76. The van der Waals surface area contributed by atoms with Crippen LogP contribution in [0.1, 0.15) is 32.6 Å². The van der Waals surface area contributed by atoms with Crippen LogP contribution in [0.25, 0.3) is 6.08 Å². The van der Waals surface area contributed by atoms with E-state index < -0.39 is 0 Å². The highest BCUT2D eigenvalue weighted by atomic mass is 35.5. The number of hydrogen-bond donors (Lipinski definition) is 0. The maximum Gasteiger partial charge on any atom is 0.232 e. The molecule has 0 atom stereocenters. The fraction of sp³-hybridized carbons (Fsp3) is 0.222. The van der Waals surface area contributed by atoms with Gasteiger partial charge in [-0.1, -0.05) is 29.8 Å². The molecule has 0 aliphatic carbocycles. The van der Waals surface area contributed by atoms with Gasteiger partial charge in [-0.15, -0.1) is 0 Å². The smallest absolute Gasteiger partial charge is 0.232 e. The number of allylic oxidation sites excluding steroid dienone is 1. The Hall–Kier alpha value is -3.48. The van der Waals surface area contributed by atoms with Crippen molar-refractivity contribution in [3.8, 4) is 23.0 Å². The van der Waals surface area contributed by atoms with Crippen LogP contribution in [0.2, 0.25) is 5.02 Å². The summed E-state index contributed by atoms with van der Waals surface area (Å²) in [5, 5.41) is 0.602. The molecule has 2 heterocycles. The topological polar surface area (TPSA) is 57.2 Å². The summed E-state index contributed by atoms with van der Waals surface area (Å²) in [5.74, 6) is 2.84. The molecule has 3 aromatic carbocycles. The second kappa shape index (κ2) is 9.05. The molecule has 0 unspecified atom stereocenters. The zero-order valence-corrected chi connectivity index (χ0v) is 19.9. The van der Waals surface area contributed by atoms with Crippen LogP contribution in [-0.4, -0.2) is 31.6 Å². The molecule has 174 valence electrons. The first-order chi connectivity index (χ1) is 16.5. The van der Waals surface area contributed by atoms with Crippen LogP contribution in [0.5, 0.6) is 23.0 Å². The molecule has 0 radical (unpaired) electrons. The van der Waals surface area contributed by atoms with Crippen LogP contribution in [0.15, 0.2) is 54.3 Å². The van der Waals surface area contributed by atoms with Gasteiger partial charge < -0.3 is 18.9 Å². The molecule has 0 bridgehead atoms. The van der Waals surface area contributed by atoms with Crippen LogP contribution in [0, 0.1) is 6.92 Å².